The molecule has 1 unspecified atom stereocenters. The summed E-state index contributed by atoms with van der Waals surface area (Å²) in [6, 6.07) is 8.01. The van der Waals surface area contributed by atoms with Gasteiger partial charge in [0, 0.05) is 12.6 Å². The molecule has 0 saturated heterocycles. The van der Waals surface area contributed by atoms with Crippen LogP contribution in [0.1, 0.15) is 49.3 Å². The van der Waals surface area contributed by atoms with Crippen LogP contribution in [0.5, 0.6) is 0 Å². The van der Waals surface area contributed by atoms with Crippen molar-refractivity contribution in [3.63, 3.8) is 0 Å². The van der Waals surface area contributed by atoms with Crippen LogP contribution in [-0.4, -0.2) is 46.3 Å². The molecular weight excluding hydrogens is 320 g/mol. The highest BCUT2D eigenvalue weighted by Crippen LogP contribution is 2.35. The summed E-state index contributed by atoms with van der Waals surface area (Å²) < 4.78 is 0. The first-order valence-corrected chi connectivity index (χ1v) is 9.08. The lowest BCUT2D eigenvalue weighted by Gasteiger charge is -2.33. The SMILES string of the molecule is O=C(O)C1CCC(NC(=O)N(CCO)C2CCc3ccccc32)CC1. The van der Waals surface area contributed by atoms with Crippen LogP contribution in [0.3, 0.4) is 0 Å². The lowest BCUT2D eigenvalue weighted by molar-refractivity contribution is -0.142. The largest absolute Gasteiger partial charge is 0.481 e. The maximum Gasteiger partial charge on any atom is 0.318 e. The van der Waals surface area contributed by atoms with Gasteiger partial charge >= 0.3 is 12.0 Å². The van der Waals surface area contributed by atoms with Crippen molar-refractivity contribution < 1.29 is 19.8 Å². The number of amides is 2. The Hall–Kier alpha value is -2.08. The summed E-state index contributed by atoms with van der Waals surface area (Å²) in [6.07, 6.45) is 4.41. The zero-order valence-corrected chi connectivity index (χ0v) is 14.4. The number of benzene rings is 1. The fraction of sp³-hybridized carbons (Fsp3) is 0.579. The number of nitrogens with one attached hydrogen (secondary N) is 1. The van der Waals surface area contributed by atoms with E-state index in [0.29, 0.717) is 32.2 Å². The number of carboxylic acids is 1. The van der Waals surface area contributed by atoms with Crippen LogP contribution in [0.15, 0.2) is 24.3 Å². The fourth-order valence-electron chi connectivity index (χ4n) is 4.11. The second-order valence-electron chi connectivity index (χ2n) is 7.01. The number of aliphatic hydroxyl groups is 1. The van der Waals surface area contributed by atoms with Crippen molar-refractivity contribution in [1.82, 2.24) is 10.2 Å². The van der Waals surface area contributed by atoms with Gasteiger partial charge in [0.05, 0.1) is 18.6 Å². The molecule has 3 rings (SSSR count). The molecule has 2 aliphatic rings. The molecule has 0 aliphatic heterocycles. The summed E-state index contributed by atoms with van der Waals surface area (Å²) in [4.78, 5) is 25.6. The first kappa shape index (κ1) is 17.7. The molecule has 1 saturated carbocycles. The van der Waals surface area contributed by atoms with Crippen LogP contribution < -0.4 is 5.32 Å². The Morgan fingerprint density at radius 1 is 1.12 bits per heavy atom. The molecule has 2 aliphatic carbocycles. The molecule has 1 aromatic rings. The van der Waals surface area contributed by atoms with Crippen LogP contribution in [0.25, 0.3) is 0 Å². The molecule has 0 heterocycles. The van der Waals surface area contributed by atoms with E-state index in [1.807, 2.05) is 12.1 Å². The van der Waals surface area contributed by atoms with Gasteiger partial charge in [-0.1, -0.05) is 24.3 Å². The van der Waals surface area contributed by atoms with Gasteiger partial charge in [-0.05, 0) is 49.7 Å². The minimum atomic E-state index is -0.741. The molecule has 0 radical (unpaired) electrons. The van der Waals surface area contributed by atoms with E-state index in [1.165, 1.54) is 11.1 Å². The van der Waals surface area contributed by atoms with Crippen LogP contribution in [0.4, 0.5) is 4.79 Å². The van der Waals surface area contributed by atoms with Gasteiger partial charge in [0.1, 0.15) is 0 Å². The van der Waals surface area contributed by atoms with Gasteiger partial charge in [-0.15, -0.1) is 0 Å². The standard InChI is InChI=1S/C19H26N2O4/c22-12-11-21(17-10-7-13-3-1-2-4-16(13)17)19(25)20-15-8-5-14(6-9-15)18(23)24/h1-4,14-15,17,22H,5-12H2,(H,20,25)(H,23,24). The highest BCUT2D eigenvalue weighted by atomic mass is 16.4. The van der Waals surface area contributed by atoms with Gasteiger partial charge in [0.2, 0.25) is 0 Å². The topological polar surface area (TPSA) is 89.9 Å². The Morgan fingerprint density at radius 3 is 2.52 bits per heavy atom. The average molecular weight is 346 g/mol. The van der Waals surface area contributed by atoms with E-state index < -0.39 is 5.97 Å². The van der Waals surface area contributed by atoms with Crippen molar-refractivity contribution in [2.75, 3.05) is 13.2 Å². The number of urea groups is 1. The van der Waals surface area contributed by atoms with Crippen molar-refractivity contribution in [1.29, 1.82) is 0 Å². The first-order chi connectivity index (χ1) is 12.1. The number of nitrogens with zero attached hydrogens (tertiary/aromatic N) is 1. The van der Waals surface area contributed by atoms with E-state index in [1.54, 1.807) is 4.90 Å². The van der Waals surface area contributed by atoms with E-state index in [0.717, 1.165) is 12.8 Å². The number of carboxylic acid groups (broad SMARTS) is 1. The van der Waals surface area contributed by atoms with Crippen LogP contribution in [-0.2, 0) is 11.2 Å². The third-order valence-corrected chi connectivity index (χ3v) is 5.48. The Balaban J connectivity index is 1.63. The highest BCUT2D eigenvalue weighted by molar-refractivity contribution is 5.75. The van der Waals surface area contributed by atoms with E-state index >= 15 is 0 Å². The lowest BCUT2D eigenvalue weighted by Crippen LogP contribution is -2.48. The fourth-order valence-corrected chi connectivity index (χ4v) is 4.11. The normalized spacial score (nSPS) is 25.2. The quantitative estimate of drug-likeness (QED) is 0.763. The van der Waals surface area contributed by atoms with E-state index in [4.69, 9.17) is 5.11 Å². The van der Waals surface area contributed by atoms with Crippen molar-refractivity contribution in [3.8, 4) is 0 Å². The molecule has 1 fully saturated rings. The minimum Gasteiger partial charge on any atom is -0.481 e. The molecule has 1 atom stereocenters. The Kier molecular flexibility index (Phi) is 5.58. The lowest BCUT2D eigenvalue weighted by atomic mass is 9.86. The van der Waals surface area contributed by atoms with E-state index in [2.05, 4.69) is 17.4 Å². The highest BCUT2D eigenvalue weighted by Gasteiger charge is 2.32. The summed E-state index contributed by atoms with van der Waals surface area (Å²) in [6.45, 7) is 0.229. The van der Waals surface area contributed by atoms with Crippen LogP contribution in [0.2, 0.25) is 0 Å². The maximum absolute atomic E-state index is 12.8. The van der Waals surface area contributed by atoms with Gasteiger partial charge in [-0.3, -0.25) is 4.79 Å². The van der Waals surface area contributed by atoms with Crippen molar-refractivity contribution in [2.45, 2.75) is 50.6 Å². The Labute approximate surface area is 147 Å². The molecule has 6 heteroatoms. The molecule has 0 spiro atoms. The molecule has 25 heavy (non-hydrogen) atoms. The zero-order chi connectivity index (χ0) is 17.8. The molecule has 3 N–H and O–H groups in total. The third kappa shape index (κ3) is 3.95. The first-order valence-electron chi connectivity index (χ1n) is 9.08. The Bertz CT molecular complexity index is 626. The molecule has 136 valence electrons. The zero-order valence-electron chi connectivity index (χ0n) is 14.4. The number of fused-ring (bicyclic) bond motifs is 1. The molecule has 0 aromatic heterocycles. The number of rotatable bonds is 5. The summed E-state index contributed by atoms with van der Waals surface area (Å²) >= 11 is 0. The molecule has 6 nitrogen and oxygen atoms in total. The molecule has 2 amide bonds. The summed E-state index contributed by atoms with van der Waals surface area (Å²) in [5, 5.41) is 21.5. The predicted molar refractivity (Wildman–Crippen MR) is 93.2 cm³/mol. The number of aliphatic carboxylic acids is 1. The Morgan fingerprint density at radius 2 is 1.84 bits per heavy atom. The van der Waals surface area contributed by atoms with Crippen molar-refractivity contribution in [3.05, 3.63) is 35.4 Å². The second kappa shape index (κ2) is 7.87. The monoisotopic (exact) mass is 346 g/mol. The molecule has 1 aromatic carbocycles. The van der Waals surface area contributed by atoms with E-state index in [9.17, 15) is 14.7 Å². The van der Waals surface area contributed by atoms with Gasteiger partial charge in [-0.2, -0.15) is 0 Å². The molecular formula is C19H26N2O4. The van der Waals surface area contributed by atoms with E-state index in [-0.39, 0.29) is 30.6 Å². The predicted octanol–water partition coefficient (Wildman–Crippen LogP) is 2.32. The second-order valence-corrected chi connectivity index (χ2v) is 7.01. The molecule has 0 bridgehead atoms. The van der Waals surface area contributed by atoms with Crippen molar-refractivity contribution >= 4 is 12.0 Å². The number of carbonyl (C=O) groups excluding carboxylic acids is 1. The van der Waals surface area contributed by atoms with Crippen LogP contribution >= 0.6 is 0 Å². The third-order valence-electron chi connectivity index (χ3n) is 5.48. The van der Waals surface area contributed by atoms with Gasteiger partial charge in [0.15, 0.2) is 0 Å². The van der Waals surface area contributed by atoms with Gasteiger partial charge < -0.3 is 20.4 Å². The number of hydrogen-bond acceptors (Lipinski definition) is 3. The van der Waals surface area contributed by atoms with Crippen molar-refractivity contribution in [2.24, 2.45) is 5.92 Å². The summed E-state index contributed by atoms with van der Waals surface area (Å²) in [5.41, 5.74) is 2.44. The number of aryl methyl sites for hydroxylation is 1. The number of aliphatic hydroxyl groups excluding tert-OH is 1. The maximum atomic E-state index is 12.8. The summed E-state index contributed by atoms with van der Waals surface area (Å²) in [7, 11) is 0. The minimum absolute atomic E-state index is 0.00120. The van der Waals surface area contributed by atoms with Gasteiger partial charge in [-0.25, -0.2) is 4.79 Å². The number of carbonyl (C=O) groups is 2. The average Bonchev–Trinajstić information content (AvgIpc) is 3.04. The van der Waals surface area contributed by atoms with Crippen LogP contribution in [0, 0.1) is 5.92 Å². The smallest absolute Gasteiger partial charge is 0.318 e. The number of hydrogen-bond donors (Lipinski definition) is 3. The van der Waals surface area contributed by atoms with Gasteiger partial charge in [0.25, 0.3) is 0 Å². The summed E-state index contributed by atoms with van der Waals surface area (Å²) in [5.74, 6) is -1.03.